The summed E-state index contributed by atoms with van der Waals surface area (Å²) in [5, 5.41) is 0. The summed E-state index contributed by atoms with van der Waals surface area (Å²) in [4.78, 5) is 24.9. The van der Waals surface area contributed by atoms with Crippen LogP contribution in [0.3, 0.4) is 0 Å². The maximum Gasteiger partial charge on any atom is 0.336 e. The normalized spacial score (nSPS) is 10.9. The van der Waals surface area contributed by atoms with Gasteiger partial charge in [0.2, 0.25) is 0 Å². The van der Waals surface area contributed by atoms with Gasteiger partial charge in [0, 0.05) is 11.6 Å². The van der Waals surface area contributed by atoms with Gasteiger partial charge in [-0.15, -0.1) is 0 Å². The van der Waals surface area contributed by atoms with E-state index in [4.69, 9.17) is 14.2 Å². The standard InChI is InChI=1S/C26H22O5/c1-29-21-14-16-25(30-2)22(18-21)23(27)15-13-20-10-6-7-11-24(20)31-26(28)17-12-19-8-4-3-5-9-19/h3-18H,1-2H3/b15-13+,17-12+. The van der Waals surface area contributed by atoms with Gasteiger partial charge in [0.05, 0.1) is 19.8 Å². The Bertz CT molecular complexity index is 1110. The highest BCUT2D eigenvalue weighted by atomic mass is 16.5. The average Bonchev–Trinajstić information content (AvgIpc) is 2.82. The van der Waals surface area contributed by atoms with Crippen molar-refractivity contribution in [3.63, 3.8) is 0 Å². The zero-order chi connectivity index (χ0) is 22.1. The molecule has 5 heteroatoms. The monoisotopic (exact) mass is 414 g/mol. The molecule has 0 aliphatic carbocycles. The second-order valence-electron chi connectivity index (χ2n) is 6.47. The number of carbonyl (C=O) groups excluding carboxylic acids is 2. The smallest absolute Gasteiger partial charge is 0.336 e. The van der Waals surface area contributed by atoms with E-state index in [9.17, 15) is 9.59 Å². The van der Waals surface area contributed by atoms with Gasteiger partial charge in [0.1, 0.15) is 17.2 Å². The lowest BCUT2D eigenvalue weighted by Gasteiger charge is -2.08. The second kappa shape index (κ2) is 10.6. The first kappa shape index (κ1) is 21.6. The number of esters is 1. The fourth-order valence-corrected chi connectivity index (χ4v) is 2.84. The van der Waals surface area contributed by atoms with Gasteiger partial charge in [-0.05, 0) is 48.1 Å². The van der Waals surface area contributed by atoms with Crippen LogP contribution >= 0.6 is 0 Å². The Morgan fingerprint density at radius 1 is 0.742 bits per heavy atom. The molecule has 0 spiro atoms. The lowest BCUT2D eigenvalue weighted by atomic mass is 10.1. The molecule has 0 N–H and O–H groups in total. The maximum absolute atomic E-state index is 12.7. The Balaban J connectivity index is 1.76. The van der Waals surface area contributed by atoms with Crippen molar-refractivity contribution in [3.8, 4) is 17.2 Å². The van der Waals surface area contributed by atoms with Crippen LogP contribution in [0.5, 0.6) is 17.2 Å². The predicted molar refractivity (Wildman–Crippen MR) is 120 cm³/mol. The summed E-state index contributed by atoms with van der Waals surface area (Å²) in [6.07, 6.45) is 6.05. The Morgan fingerprint density at radius 3 is 2.23 bits per heavy atom. The molecule has 3 aromatic carbocycles. The SMILES string of the molecule is COc1ccc(OC)c(C(=O)/C=C/c2ccccc2OC(=O)/C=C/c2ccccc2)c1. The van der Waals surface area contributed by atoms with Crippen molar-refractivity contribution in [2.24, 2.45) is 0 Å². The molecule has 0 fully saturated rings. The van der Waals surface area contributed by atoms with Crippen molar-refractivity contribution in [1.29, 1.82) is 0 Å². The number of methoxy groups -OCH3 is 2. The number of rotatable bonds is 8. The van der Waals surface area contributed by atoms with Crippen molar-refractivity contribution >= 4 is 23.9 Å². The number of allylic oxidation sites excluding steroid dienone is 1. The molecule has 31 heavy (non-hydrogen) atoms. The van der Waals surface area contributed by atoms with Crippen LogP contribution in [0.25, 0.3) is 12.2 Å². The van der Waals surface area contributed by atoms with Crippen LogP contribution in [0.2, 0.25) is 0 Å². The molecule has 0 aromatic heterocycles. The van der Waals surface area contributed by atoms with Crippen LogP contribution in [0.1, 0.15) is 21.5 Å². The van der Waals surface area contributed by atoms with Crippen molar-refractivity contribution in [3.05, 3.63) is 102 Å². The van der Waals surface area contributed by atoms with Crippen molar-refractivity contribution in [1.82, 2.24) is 0 Å². The zero-order valence-electron chi connectivity index (χ0n) is 17.3. The highest BCUT2D eigenvalue weighted by molar-refractivity contribution is 6.09. The molecule has 0 saturated carbocycles. The van der Waals surface area contributed by atoms with Crippen molar-refractivity contribution in [2.75, 3.05) is 14.2 Å². The summed E-state index contributed by atoms with van der Waals surface area (Å²) in [6, 6.07) is 21.5. The number of benzene rings is 3. The highest BCUT2D eigenvalue weighted by Gasteiger charge is 2.12. The first-order valence-corrected chi connectivity index (χ1v) is 9.59. The number of hydrogen-bond acceptors (Lipinski definition) is 5. The minimum atomic E-state index is -0.509. The number of ether oxygens (including phenoxy) is 3. The fraction of sp³-hybridized carbons (Fsp3) is 0.0769. The first-order chi connectivity index (χ1) is 15.1. The van der Waals surface area contributed by atoms with E-state index in [1.165, 1.54) is 26.4 Å². The minimum absolute atomic E-state index is 0.263. The largest absolute Gasteiger partial charge is 0.497 e. The third-order valence-corrected chi connectivity index (χ3v) is 4.43. The summed E-state index contributed by atoms with van der Waals surface area (Å²) in [7, 11) is 3.03. The van der Waals surface area contributed by atoms with E-state index in [1.807, 2.05) is 30.3 Å². The molecule has 0 radical (unpaired) electrons. The summed E-state index contributed by atoms with van der Waals surface area (Å²) < 4.78 is 15.9. The number of carbonyl (C=O) groups is 2. The lowest BCUT2D eigenvalue weighted by Crippen LogP contribution is -2.05. The first-order valence-electron chi connectivity index (χ1n) is 9.59. The molecule has 0 aliphatic heterocycles. The van der Waals surface area contributed by atoms with Crippen LogP contribution in [0, 0.1) is 0 Å². The molecule has 0 heterocycles. The fourth-order valence-electron chi connectivity index (χ4n) is 2.84. The van der Waals surface area contributed by atoms with E-state index in [2.05, 4.69) is 0 Å². The number of hydrogen-bond donors (Lipinski definition) is 0. The summed E-state index contributed by atoms with van der Waals surface area (Å²) >= 11 is 0. The molecule has 5 nitrogen and oxygen atoms in total. The molecular formula is C26H22O5. The topological polar surface area (TPSA) is 61.8 Å². The zero-order valence-corrected chi connectivity index (χ0v) is 17.3. The van der Waals surface area contributed by atoms with Gasteiger partial charge < -0.3 is 14.2 Å². The summed E-state index contributed by atoms with van der Waals surface area (Å²) in [6.45, 7) is 0. The molecule has 0 amide bonds. The van der Waals surface area contributed by atoms with E-state index in [0.717, 1.165) is 5.56 Å². The third-order valence-electron chi connectivity index (χ3n) is 4.43. The van der Waals surface area contributed by atoms with Gasteiger partial charge in [0.25, 0.3) is 0 Å². The van der Waals surface area contributed by atoms with Crippen LogP contribution in [0.15, 0.2) is 84.9 Å². The maximum atomic E-state index is 12.7. The quantitative estimate of drug-likeness (QED) is 0.219. The van der Waals surface area contributed by atoms with Crippen molar-refractivity contribution < 1.29 is 23.8 Å². The molecule has 0 unspecified atom stereocenters. The van der Waals surface area contributed by atoms with Crippen LogP contribution in [0.4, 0.5) is 0 Å². The second-order valence-corrected chi connectivity index (χ2v) is 6.47. The van der Waals surface area contributed by atoms with Gasteiger partial charge in [-0.3, -0.25) is 4.79 Å². The molecule has 0 bridgehead atoms. The summed E-state index contributed by atoms with van der Waals surface area (Å²) in [5.41, 5.74) is 1.86. The molecule has 3 aromatic rings. The molecular weight excluding hydrogens is 392 g/mol. The van der Waals surface area contributed by atoms with Gasteiger partial charge in [-0.25, -0.2) is 4.79 Å². The van der Waals surface area contributed by atoms with E-state index >= 15 is 0 Å². The Kier molecular flexibility index (Phi) is 7.38. The Morgan fingerprint density at radius 2 is 1.48 bits per heavy atom. The molecule has 0 saturated heterocycles. The Hall–Kier alpha value is -4.12. The molecule has 156 valence electrons. The minimum Gasteiger partial charge on any atom is -0.497 e. The van der Waals surface area contributed by atoms with Crippen LogP contribution in [-0.4, -0.2) is 26.0 Å². The van der Waals surface area contributed by atoms with E-state index in [1.54, 1.807) is 54.6 Å². The van der Waals surface area contributed by atoms with Gasteiger partial charge in [-0.1, -0.05) is 48.5 Å². The predicted octanol–water partition coefficient (Wildman–Crippen LogP) is 5.22. The molecule has 0 aliphatic rings. The van der Waals surface area contributed by atoms with E-state index in [0.29, 0.717) is 28.4 Å². The van der Waals surface area contributed by atoms with Gasteiger partial charge in [0.15, 0.2) is 5.78 Å². The summed E-state index contributed by atoms with van der Waals surface area (Å²) in [5.74, 6) is 0.580. The third kappa shape index (κ3) is 5.93. The van der Waals surface area contributed by atoms with Gasteiger partial charge in [-0.2, -0.15) is 0 Å². The van der Waals surface area contributed by atoms with Crippen LogP contribution in [-0.2, 0) is 4.79 Å². The van der Waals surface area contributed by atoms with Gasteiger partial charge >= 0.3 is 5.97 Å². The average molecular weight is 414 g/mol. The van der Waals surface area contributed by atoms with Crippen molar-refractivity contribution in [2.45, 2.75) is 0 Å². The number of ketones is 1. The van der Waals surface area contributed by atoms with Crippen LogP contribution < -0.4 is 14.2 Å². The Labute approximate surface area is 181 Å². The van der Waals surface area contributed by atoms with E-state index in [-0.39, 0.29) is 5.78 Å². The number of para-hydroxylation sites is 1. The highest BCUT2D eigenvalue weighted by Crippen LogP contribution is 2.26. The molecule has 0 atom stereocenters. The lowest BCUT2D eigenvalue weighted by molar-refractivity contribution is -0.128. The molecule has 3 rings (SSSR count). The van der Waals surface area contributed by atoms with E-state index < -0.39 is 5.97 Å².